The minimum atomic E-state index is -0.219. The molecule has 0 radical (unpaired) electrons. The summed E-state index contributed by atoms with van der Waals surface area (Å²) in [5.41, 5.74) is 2.49. The monoisotopic (exact) mass is 267 g/mol. The third-order valence-electron chi connectivity index (χ3n) is 3.64. The fraction of sp³-hybridized carbons (Fsp3) is 0.615. The van der Waals surface area contributed by atoms with Crippen molar-refractivity contribution < 1.29 is 5.11 Å². The Labute approximate surface area is 111 Å². The molecular weight excluding hydrogens is 250 g/mol. The largest absolute Gasteiger partial charge is 0.391 e. The number of aromatic nitrogens is 1. The Balaban J connectivity index is 1.76. The second-order valence-corrected chi connectivity index (χ2v) is 7.16. The molecule has 3 unspecified atom stereocenters. The lowest BCUT2D eigenvalue weighted by molar-refractivity contribution is 0.143. The van der Waals surface area contributed by atoms with Crippen molar-refractivity contribution in [2.75, 3.05) is 17.3 Å². The summed E-state index contributed by atoms with van der Waals surface area (Å²) in [6, 6.07) is 4.15. The Morgan fingerprint density at radius 3 is 3.18 bits per heavy atom. The van der Waals surface area contributed by atoms with E-state index in [-0.39, 0.29) is 12.0 Å². The summed E-state index contributed by atoms with van der Waals surface area (Å²) in [5.74, 6) is 3.76. The number of fused-ring (bicyclic) bond motifs is 1. The summed E-state index contributed by atoms with van der Waals surface area (Å²) < 4.78 is 0. The predicted molar refractivity (Wildman–Crippen MR) is 74.9 cm³/mol. The van der Waals surface area contributed by atoms with Gasteiger partial charge in [0.25, 0.3) is 0 Å². The minimum absolute atomic E-state index is 0.219. The fourth-order valence-electron chi connectivity index (χ4n) is 2.74. The molecule has 3 rings (SSSR count). The number of pyridine rings is 1. The van der Waals surface area contributed by atoms with Gasteiger partial charge in [-0.25, -0.2) is 0 Å². The minimum Gasteiger partial charge on any atom is -0.391 e. The summed E-state index contributed by atoms with van der Waals surface area (Å²) in [5, 5.41) is 10.9. The van der Waals surface area contributed by atoms with E-state index in [1.54, 1.807) is 0 Å². The van der Waals surface area contributed by atoms with Gasteiger partial charge in [-0.05, 0) is 24.5 Å². The second-order valence-electron chi connectivity index (χ2n) is 4.67. The lowest BCUT2D eigenvalue weighted by atomic mass is 9.97. The zero-order chi connectivity index (χ0) is 11.7. The normalized spacial score (nSPS) is 29.9. The van der Waals surface area contributed by atoms with Crippen molar-refractivity contribution in [2.24, 2.45) is 0 Å². The van der Waals surface area contributed by atoms with Gasteiger partial charge >= 0.3 is 0 Å². The van der Waals surface area contributed by atoms with Gasteiger partial charge in [-0.3, -0.25) is 4.98 Å². The highest BCUT2D eigenvalue weighted by Gasteiger charge is 2.35. The molecule has 0 saturated carbocycles. The molecule has 17 heavy (non-hydrogen) atoms. The number of hydrogen-bond acceptors (Lipinski definition) is 4. The first-order valence-electron chi connectivity index (χ1n) is 6.17. The van der Waals surface area contributed by atoms with E-state index in [9.17, 15) is 5.11 Å². The van der Waals surface area contributed by atoms with Crippen LogP contribution in [0.25, 0.3) is 0 Å². The van der Waals surface area contributed by atoms with E-state index in [0.717, 1.165) is 24.3 Å². The first kappa shape index (κ1) is 11.9. The van der Waals surface area contributed by atoms with Crippen LogP contribution in [0.4, 0.5) is 0 Å². The van der Waals surface area contributed by atoms with E-state index in [1.807, 2.05) is 35.8 Å². The Hall–Kier alpha value is -0.190. The predicted octanol–water partition coefficient (Wildman–Crippen LogP) is 2.32. The lowest BCUT2D eigenvalue weighted by Crippen LogP contribution is -2.33. The number of hydrogen-bond donors (Lipinski definition) is 1. The fourth-order valence-corrected chi connectivity index (χ4v) is 5.55. The van der Waals surface area contributed by atoms with Crippen LogP contribution in [0.5, 0.6) is 0 Å². The highest BCUT2D eigenvalue weighted by atomic mass is 32.2. The van der Waals surface area contributed by atoms with Crippen LogP contribution in [0.15, 0.2) is 18.3 Å². The van der Waals surface area contributed by atoms with E-state index < -0.39 is 0 Å². The zero-order valence-electron chi connectivity index (χ0n) is 9.71. The van der Waals surface area contributed by atoms with Crippen LogP contribution in [0.2, 0.25) is 0 Å². The van der Waals surface area contributed by atoms with Gasteiger partial charge in [0.15, 0.2) is 0 Å². The summed E-state index contributed by atoms with van der Waals surface area (Å²) in [6.07, 6.45) is 3.78. The van der Waals surface area contributed by atoms with Gasteiger partial charge in [0.1, 0.15) is 0 Å². The SMILES string of the molecule is OC(C1CSCCS1)C1CCc2cccnc21. The molecule has 1 aliphatic carbocycles. The summed E-state index contributed by atoms with van der Waals surface area (Å²) in [4.78, 5) is 4.48. The first-order valence-corrected chi connectivity index (χ1v) is 8.38. The smallest absolute Gasteiger partial charge is 0.0750 e. The molecule has 0 amide bonds. The van der Waals surface area contributed by atoms with Gasteiger partial charge in [0.05, 0.1) is 6.10 Å². The average molecular weight is 267 g/mol. The van der Waals surface area contributed by atoms with Crippen molar-refractivity contribution in [1.29, 1.82) is 0 Å². The van der Waals surface area contributed by atoms with Gasteiger partial charge in [-0.15, -0.1) is 0 Å². The van der Waals surface area contributed by atoms with Crippen molar-refractivity contribution in [1.82, 2.24) is 4.98 Å². The van der Waals surface area contributed by atoms with Crippen LogP contribution in [0.1, 0.15) is 23.6 Å². The van der Waals surface area contributed by atoms with Crippen LogP contribution in [-0.4, -0.2) is 38.7 Å². The van der Waals surface area contributed by atoms with Crippen molar-refractivity contribution in [2.45, 2.75) is 30.1 Å². The molecule has 3 atom stereocenters. The van der Waals surface area contributed by atoms with Crippen molar-refractivity contribution in [3.05, 3.63) is 29.6 Å². The molecule has 2 heterocycles. The number of rotatable bonds is 2. The third kappa shape index (κ3) is 2.35. The van der Waals surface area contributed by atoms with E-state index in [4.69, 9.17) is 0 Å². The van der Waals surface area contributed by atoms with Gasteiger partial charge in [-0.2, -0.15) is 23.5 Å². The van der Waals surface area contributed by atoms with E-state index >= 15 is 0 Å². The molecule has 0 aromatic carbocycles. The molecule has 1 aliphatic heterocycles. The molecule has 92 valence electrons. The maximum absolute atomic E-state index is 10.5. The van der Waals surface area contributed by atoms with Gasteiger partial charge in [-0.1, -0.05) is 6.07 Å². The standard InChI is InChI=1S/C13H17NOS2/c15-13(11-8-16-6-7-17-11)10-4-3-9-2-1-5-14-12(9)10/h1-2,5,10-11,13,15H,3-4,6-8H2. The molecule has 1 N–H and O–H groups in total. The second kappa shape index (κ2) is 5.21. The van der Waals surface area contributed by atoms with Crippen LogP contribution < -0.4 is 0 Å². The average Bonchev–Trinajstić information content (AvgIpc) is 2.83. The molecule has 0 spiro atoms. The number of aliphatic hydroxyl groups excluding tert-OH is 1. The summed E-state index contributed by atoms with van der Waals surface area (Å²) in [6.45, 7) is 0. The number of thioether (sulfide) groups is 2. The summed E-state index contributed by atoms with van der Waals surface area (Å²) >= 11 is 3.90. The van der Waals surface area contributed by atoms with E-state index in [2.05, 4.69) is 11.1 Å². The first-order chi connectivity index (χ1) is 8.36. The molecular formula is C13H17NOS2. The van der Waals surface area contributed by atoms with Crippen LogP contribution in [-0.2, 0) is 6.42 Å². The Kier molecular flexibility index (Phi) is 3.64. The molecule has 2 aliphatic rings. The van der Waals surface area contributed by atoms with Crippen molar-refractivity contribution in [3.8, 4) is 0 Å². The van der Waals surface area contributed by atoms with Crippen LogP contribution >= 0.6 is 23.5 Å². The zero-order valence-corrected chi connectivity index (χ0v) is 11.3. The Morgan fingerprint density at radius 2 is 2.35 bits per heavy atom. The van der Waals surface area contributed by atoms with Gasteiger partial charge in [0, 0.05) is 40.3 Å². The summed E-state index contributed by atoms with van der Waals surface area (Å²) in [7, 11) is 0. The number of nitrogens with zero attached hydrogens (tertiary/aromatic N) is 1. The molecule has 0 bridgehead atoms. The third-order valence-corrected chi connectivity index (χ3v) is 6.51. The van der Waals surface area contributed by atoms with Gasteiger partial charge < -0.3 is 5.11 Å². The lowest BCUT2D eigenvalue weighted by Gasteiger charge is -2.29. The molecule has 4 heteroatoms. The maximum atomic E-state index is 10.5. The van der Waals surface area contributed by atoms with Crippen molar-refractivity contribution in [3.63, 3.8) is 0 Å². The highest BCUT2D eigenvalue weighted by Crippen LogP contribution is 2.39. The highest BCUT2D eigenvalue weighted by molar-refractivity contribution is 8.06. The van der Waals surface area contributed by atoms with Gasteiger partial charge in [0.2, 0.25) is 0 Å². The molecule has 2 nitrogen and oxygen atoms in total. The maximum Gasteiger partial charge on any atom is 0.0750 e. The van der Waals surface area contributed by atoms with Crippen LogP contribution in [0, 0.1) is 0 Å². The van der Waals surface area contributed by atoms with Crippen molar-refractivity contribution >= 4 is 23.5 Å². The topological polar surface area (TPSA) is 33.1 Å². The Morgan fingerprint density at radius 1 is 1.41 bits per heavy atom. The van der Waals surface area contributed by atoms with Crippen LogP contribution in [0.3, 0.4) is 0 Å². The Bertz CT molecular complexity index is 393. The molecule has 1 aromatic rings. The molecule has 1 aromatic heterocycles. The quantitative estimate of drug-likeness (QED) is 0.891. The number of aryl methyl sites for hydroxylation is 1. The molecule has 1 saturated heterocycles. The van der Waals surface area contributed by atoms with E-state index in [1.165, 1.54) is 17.1 Å². The molecule has 1 fully saturated rings. The number of aliphatic hydroxyl groups is 1. The van der Waals surface area contributed by atoms with E-state index in [0.29, 0.717) is 5.25 Å².